The van der Waals surface area contributed by atoms with E-state index in [-0.39, 0.29) is 11.5 Å². The van der Waals surface area contributed by atoms with Crippen LogP contribution in [0.15, 0.2) is 47.6 Å². The SMILES string of the molecule is COc1cc(/C=C/c2cc(O)c(O)c(C/C=C(\C)CCC=C(C)C)c2)cc2c1CC(O)C(C)(C)O2. The number of rotatable bonds is 8. The second-order valence-electron chi connectivity index (χ2n) is 10.1. The fraction of sp³-hybridized carbons (Fsp3) is 0.400. The molecule has 0 radical (unpaired) electrons. The lowest BCUT2D eigenvalue weighted by molar-refractivity contribution is -0.0417. The van der Waals surface area contributed by atoms with E-state index >= 15 is 0 Å². The Morgan fingerprint density at radius 3 is 2.40 bits per heavy atom. The largest absolute Gasteiger partial charge is 0.504 e. The van der Waals surface area contributed by atoms with E-state index < -0.39 is 11.7 Å². The van der Waals surface area contributed by atoms with Crippen molar-refractivity contribution in [2.24, 2.45) is 0 Å². The molecule has 0 spiro atoms. The molecule has 3 rings (SSSR count). The van der Waals surface area contributed by atoms with Crippen LogP contribution in [0.1, 0.15) is 69.7 Å². The van der Waals surface area contributed by atoms with E-state index in [4.69, 9.17) is 9.47 Å². The first kappa shape index (κ1) is 26.4. The molecule has 1 aliphatic rings. The number of methoxy groups -OCH3 is 1. The molecule has 1 aliphatic heterocycles. The predicted molar refractivity (Wildman–Crippen MR) is 142 cm³/mol. The molecule has 5 nitrogen and oxygen atoms in total. The van der Waals surface area contributed by atoms with Gasteiger partial charge in [0.2, 0.25) is 0 Å². The average molecular weight is 479 g/mol. The first-order valence-electron chi connectivity index (χ1n) is 12.1. The second kappa shape index (κ2) is 11.0. The first-order valence-corrected chi connectivity index (χ1v) is 12.1. The number of fused-ring (bicyclic) bond motifs is 1. The maximum atomic E-state index is 10.4. The predicted octanol–water partition coefficient (Wildman–Crippen LogP) is 6.59. The van der Waals surface area contributed by atoms with Gasteiger partial charge < -0.3 is 24.8 Å². The van der Waals surface area contributed by atoms with Crippen LogP contribution < -0.4 is 9.47 Å². The highest BCUT2D eigenvalue weighted by molar-refractivity contribution is 5.73. The molecule has 0 amide bonds. The monoisotopic (exact) mass is 478 g/mol. The van der Waals surface area contributed by atoms with E-state index in [0.29, 0.717) is 29.9 Å². The van der Waals surface area contributed by atoms with Crippen molar-refractivity contribution in [2.45, 2.75) is 72.0 Å². The van der Waals surface area contributed by atoms with E-state index in [1.807, 2.05) is 44.2 Å². The summed E-state index contributed by atoms with van der Waals surface area (Å²) < 4.78 is 11.6. The summed E-state index contributed by atoms with van der Waals surface area (Å²) in [4.78, 5) is 0. The molecule has 3 N–H and O–H groups in total. The summed E-state index contributed by atoms with van der Waals surface area (Å²) in [6.07, 6.45) is 10.5. The smallest absolute Gasteiger partial charge is 0.161 e. The van der Waals surface area contributed by atoms with Gasteiger partial charge in [0.1, 0.15) is 17.1 Å². The Kier molecular flexibility index (Phi) is 8.34. The fourth-order valence-electron chi connectivity index (χ4n) is 4.12. The molecule has 0 fully saturated rings. The van der Waals surface area contributed by atoms with Crippen LogP contribution in [0.25, 0.3) is 12.2 Å². The van der Waals surface area contributed by atoms with Crippen LogP contribution in [0.3, 0.4) is 0 Å². The summed E-state index contributed by atoms with van der Waals surface area (Å²) in [5.41, 5.74) is 5.05. The Hall–Kier alpha value is -3.18. The molecule has 0 bridgehead atoms. The Labute approximate surface area is 209 Å². The summed E-state index contributed by atoms with van der Waals surface area (Å²) in [7, 11) is 1.61. The minimum atomic E-state index is -0.685. The van der Waals surface area contributed by atoms with Crippen LogP contribution in [-0.4, -0.2) is 34.1 Å². The second-order valence-corrected chi connectivity index (χ2v) is 10.1. The van der Waals surface area contributed by atoms with Crippen molar-refractivity contribution in [3.05, 3.63) is 69.8 Å². The third-order valence-electron chi connectivity index (χ3n) is 6.40. The molecule has 1 unspecified atom stereocenters. The molecule has 0 saturated heterocycles. The number of ether oxygens (including phenoxy) is 2. The number of phenolic OH excluding ortho intramolecular Hbond substituents is 2. The van der Waals surface area contributed by atoms with Crippen molar-refractivity contribution in [1.82, 2.24) is 0 Å². The molecule has 1 atom stereocenters. The van der Waals surface area contributed by atoms with Gasteiger partial charge in [0.05, 0.1) is 13.2 Å². The summed E-state index contributed by atoms with van der Waals surface area (Å²) in [6, 6.07) is 7.27. The van der Waals surface area contributed by atoms with Crippen molar-refractivity contribution in [3.63, 3.8) is 0 Å². The van der Waals surface area contributed by atoms with Gasteiger partial charge in [0.15, 0.2) is 11.5 Å². The van der Waals surface area contributed by atoms with Crippen molar-refractivity contribution in [3.8, 4) is 23.0 Å². The van der Waals surface area contributed by atoms with Crippen LogP contribution in [-0.2, 0) is 12.8 Å². The molecule has 0 saturated carbocycles. The number of benzene rings is 2. The molecule has 0 aromatic heterocycles. The van der Waals surface area contributed by atoms with E-state index in [9.17, 15) is 15.3 Å². The maximum absolute atomic E-state index is 10.4. The summed E-state index contributed by atoms with van der Waals surface area (Å²) in [5.74, 6) is 1.14. The van der Waals surface area contributed by atoms with Crippen LogP contribution in [0, 0.1) is 0 Å². The average Bonchev–Trinajstić information content (AvgIpc) is 2.78. The van der Waals surface area contributed by atoms with E-state index in [1.54, 1.807) is 13.2 Å². The zero-order valence-electron chi connectivity index (χ0n) is 21.7. The summed E-state index contributed by atoms with van der Waals surface area (Å²) in [5, 5.41) is 31.1. The summed E-state index contributed by atoms with van der Waals surface area (Å²) in [6.45, 7) is 10.0. The molecule has 2 aromatic rings. The molecule has 2 aromatic carbocycles. The van der Waals surface area contributed by atoms with Crippen LogP contribution >= 0.6 is 0 Å². The van der Waals surface area contributed by atoms with Gasteiger partial charge in [-0.15, -0.1) is 0 Å². The van der Waals surface area contributed by atoms with Crippen LogP contribution in [0.4, 0.5) is 0 Å². The lowest BCUT2D eigenvalue weighted by atomic mass is 9.90. The Morgan fingerprint density at radius 2 is 1.74 bits per heavy atom. The van der Waals surface area contributed by atoms with E-state index in [0.717, 1.165) is 29.5 Å². The first-order chi connectivity index (χ1) is 16.5. The van der Waals surface area contributed by atoms with Crippen LogP contribution in [0.5, 0.6) is 23.0 Å². The molecule has 0 aliphatic carbocycles. The molecular weight excluding hydrogens is 440 g/mol. The zero-order chi connectivity index (χ0) is 25.8. The lowest BCUT2D eigenvalue weighted by Gasteiger charge is -2.37. The molecule has 188 valence electrons. The Bertz CT molecular complexity index is 1150. The van der Waals surface area contributed by atoms with Gasteiger partial charge in [-0.3, -0.25) is 0 Å². The Balaban J connectivity index is 1.83. The molecule has 5 heteroatoms. The number of aromatic hydroxyl groups is 2. The third-order valence-corrected chi connectivity index (χ3v) is 6.40. The minimum absolute atomic E-state index is 0.0832. The number of allylic oxidation sites excluding steroid dienone is 4. The van der Waals surface area contributed by atoms with Gasteiger partial charge in [-0.2, -0.15) is 0 Å². The van der Waals surface area contributed by atoms with Crippen molar-refractivity contribution < 1.29 is 24.8 Å². The van der Waals surface area contributed by atoms with Crippen molar-refractivity contribution in [1.29, 1.82) is 0 Å². The number of hydrogen-bond donors (Lipinski definition) is 3. The lowest BCUT2D eigenvalue weighted by Crippen LogP contribution is -2.46. The van der Waals surface area contributed by atoms with E-state index in [1.165, 1.54) is 11.1 Å². The normalized spacial score (nSPS) is 17.1. The van der Waals surface area contributed by atoms with Gasteiger partial charge in [-0.1, -0.05) is 35.5 Å². The van der Waals surface area contributed by atoms with Crippen molar-refractivity contribution in [2.75, 3.05) is 7.11 Å². The van der Waals surface area contributed by atoms with Gasteiger partial charge in [-0.25, -0.2) is 0 Å². The zero-order valence-corrected chi connectivity index (χ0v) is 21.7. The van der Waals surface area contributed by atoms with Gasteiger partial charge in [-0.05, 0) is 89.3 Å². The van der Waals surface area contributed by atoms with E-state index in [2.05, 4.69) is 32.9 Å². The molecule has 1 heterocycles. The Morgan fingerprint density at radius 1 is 1.06 bits per heavy atom. The topological polar surface area (TPSA) is 79.2 Å². The van der Waals surface area contributed by atoms with Gasteiger partial charge >= 0.3 is 0 Å². The van der Waals surface area contributed by atoms with Crippen molar-refractivity contribution >= 4 is 12.2 Å². The third kappa shape index (κ3) is 6.70. The number of aliphatic hydroxyl groups is 1. The number of phenols is 2. The number of hydrogen-bond acceptors (Lipinski definition) is 5. The quantitative estimate of drug-likeness (QED) is 0.227. The highest BCUT2D eigenvalue weighted by Crippen LogP contribution is 2.40. The standard InChI is InChI=1S/C30H38O5/c1-19(2)8-7-9-20(3)10-13-23-14-21(15-25(31)29(23)33)11-12-22-16-26(34-6)24-18-28(32)30(4,5)35-27(24)17-22/h8,10-12,14-17,28,31-33H,7,9,13,18H2,1-6H3/b12-11+,20-10+. The summed E-state index contributed by atoms with van der Waals surface area (Å²) >= 11 is 0. The fourth-order valence-corrected chi connectivity index (χ4v) is 4.12. The van der Waals surface area contributed by atoms with Gasteiger partial charge in [0, 0.05) is 17.5 Å². The molecule has 35 heavy (non-hydrogen) atoms. The highest BCUT2D eigenvalue weighted by atomic mass is 16.5. The molecular formula is C30H38O5. The maximum Gasteiger partial charge on any atom is 0.161 e. The van der Waals surface area contributed by atoms with Crippen LogP contribution in [0.2, 0.25) is 0 Å². The highest BCUT2D eigenvalue weighted by Gasteiger charge is 2.37. The number of aliphatic hydroxyl groups excluding tert-OH is 1. The minimum Gasteiger partial charge on any atom is -0.504 e. The van der Waals surface area contributed by atoms with Gasteiger partial charge in [0.25, 0.3) is 0 Å².